The lowest BCUT2D eigenvalue weighted by molar-refractivity contribution is 0.672. The van der Waals surface area contributed by atoms with Crippen LogP contribution in [0, 0.1) is 11.3 Å². The van der Waals surface area contributed by atoms with Crippen molar-refractivity contribution in [2.45, 2.75) is 25.7 Å². The van der Waals surface area contributed by atoms with Crippen LogP contribution in [0.2, 0.25) is 0 Å². The van der Waals surface area contributed by atoms with Gasteiger partial charge in [0.25, 0.3) is 0 Å². The number of hydrogen-bond donors (Lipinski definition) is 0. The lowest BCUT2D eigenvalue weighted by atomic mass is 9.93. The van der Waals surface area contributed by atoms with E-state index in [1.807, 2.05) is 42.6 Å². The Balaban J connectivity index is 1.82. The van der Waals surface area contributed by atoms with Crippen LogP contribution in [0.25, 0.3) is 10.9 Å². The second-order valence-electron chi connectivity index (χ2n) is 6.10. The molecule has 0 radical (unpaired) electrons. The summed E-state index contributed by atoms with van der Waals surface area (Å²) in [6.07, 6.45) is 6.38. The van der Waals surface area contributed by atoms with Gasteiger partial charge < -0.3 is 0 Å². The quantitative estimate of drug-likeness (QED) is 0.642. The summed E-state index contributed by atoms with van der Waals surface area (Å²) in [5.74, 6) is 0. The molecule has 0 amide bonds. The zero-order valence-corrected chi connectivity index (χ0v) is 13.4. The van der Waals surface area contributed by atoms with Crippen molar-refractivity contribution in [3.8, 4) is 6.07 Å². The number of aromatic nitrogens is 1. The lowest BCUT2D eigenvalue weighted by Crippen LogP contribution is -2.06. The van der Waals surface area contributed by atoms with Gasteiger partial charge in [-0.25, -0.2) is 0 Å². The Bertz CT molecular complexity index is 963. The van der Waals surface area contributed by atoms with E-state index in [1.54, 1.807) is 0 Å². The van der Waals surface area contributed by atoms with Crippen LogP contribution in [0.5, 0.6) is 0 Å². The lowest BCUT2D eigenvalue weighted by Gasteiger charge is -2.18. The predicted molar refractivity (Wildman–Crippen MR) is 96.8 cm³/mol. The summed E-state index contributed by atoms with van der Waals surface area (Å²) >= 11 is 0. The molecule has 24 heavy (non-hydrogen) atoms. The minimum Gasteiger partial charge on any atom is -0.255 e. The van der Waals surface area contributed by atoms with Crippen molar-refractivity contribution in [2.75, 3.05) is 0 Å². The van der Waals surface area contributed by atoms with Crippen LogP contribution in [0.3, 0.4) is 0 Å². The van der Waals surface area contributed by atoms with Gasteiger partial charge in [-0.05, 0) is 55.0 Å². The van der Waals surface area contributed by atoms with Gasteiger partial charge in [0.2, 0.25) is 0 Å². The number of benzene rings is 2. The summed E-state index contributed by atoms with van der Waals surface area (Å²) in [5.41, 5.74) is 6.24. The number of nitriles is 1. The van der Waals surface area contributed by atoms with Gasteiger partial charge in [0.05, 0.1) is 22.8 Å². The number of aliphatic imine (C=N–C) groups is 1. The highest BCUT2D eigenvalue weighted by Crippen LogP contribution is 2.35. The number of aryl methyl sites for hydroxylation is 1. The van der Waals surface area contributed by atoms with Crippen molar-refractivity contribution in [1.82, 2.24) is 4.98 Å². The van der Waals surface area contributed by atoms with E-state index in [9.17, 15) is 0 Å². The molecule has 0 saturated heterocycles. The van der Waals surface area contributed by atoms with E-state index >= 15 is 0 Å². The molecule has 4 rings (SSSR count). The molecule has 1 aliphatic carbocycles. The standard InChI is InChI=1S/C21H17N3/c22-13-15-9-11-16(12-10-15)14-23-21-17-5-1-3-7-19(17)24-20-8-4-2-6-18(20)21/h1,3,5,7,9-12,14H,2,4,6,8H2/b23-14+. The average Bonchev–Trinajstić information content (AvgIpc) is 2.65. The summed E-state index contributed by atoms with van der Waals surface area (Å²) in [6.45, 7) is 0. The molecule has 2 aromatic carbocycles. The first kappa shape index (κ1) is 14.6. The molecule has 3 aromatic rings. The van der Waals surface area contributed by atoms with Crippen molar-refractivity contribution >= 4 is 22.8 Å². The maximum atomic E-state index is 8.90. The number of hydrogen-bond acceptors (Lipinski definition) is 3. The third-order valence-corrected chi connectivity index (χ3v) is 4.52. The first-order valence-electron chi connectivity index (χ1n) is 8.30. The van der Waals surface area contributed by atoms with Gasteiger partial charge in [-0.3, -0.25) is 9.98 Å². The van der Waals surface area contributed by atoms with E-state index < -0.39 is 0 Å². The second kappa shape index (κ2) is 6.25. The first-order valence-corrected chi connectivity index (χ1v) is 8.30. The van der Waals surface area contributed by atoms with Crippen molar-refractivity contribution in [1.29, 1.82) is 5.26 Å². The molecule has 3 heteroatoms. The third-order valence-electron chi connectivity index (χ3n) is 4.52. The van der Waals surface area contributed by atoms with E-state index in [0.29, 0.717) is 5.56 Å². The fourth-order valence-electron chi connectivity index (χ4n) is 3.28. The maximum absolute atomic E-state index is 8.90. The number of pyridine rings is 1. The molecule has 0 fully saturated rings. The SMILES string of the molecule is N#Cc1ccc(/C=N/c2c3c(nc4ccccc24)CCCC3)cc1. The van der Waals surface area contributed by atoms with E-state index in [4.69, 9.17) is 15.2 Å². The Morgan fingerprint density at radius 3 is 2.62 bits per heavy atom. The van der Waals surface area contributed by atoms with Gasteiger partial charge >= 0.3 is 0 Å². The molecular weight excluding hydrogens is 294 g/mol. The highest BCUT2D eigenvalue weighted by molar-refractivity contribution is 5.95. The largest absolute Gasteiger partial charge is 0.255 e. The topological polar surface area (TPSA) is 49.0 Å². The number of nitrogens with zero attached hydrogens (tertiary/aromatic N) is 3. The van der Waals surface area contributed by atoms with Gasteiger partial charge in [0, 0.05) is 17.3 Å². The van der Waals surface area contributed by atoms with E-state index in [-0.39, 0.29) is 0 Å². The highest BCUT2D eigenvalue weighted by Gasteiger charge is 2.17. The van der Waals surface area contributed by atoms with Crippen molar-refractivity contribution in [3.05, 3.63) is 70.9 Å². The van der Waals surface area contributed by atoms with Gasteiger partial charge in [0.15, 0.2) is 0 Å². The van der Waals surface area contributed by atoms with E-state index in [0.717, 1.165) is 35.0 Å². The van der Waals surface area contributed by atoms with Crippen LogP contribution < -0.4 is 0 Å². The normalized spacial score (nSPS) is 13.8. The fraction of sp³-hybridized carbons (Fsp3) is 0.190. The summed E-state index contributed by atoms with van der Waals surface area (Å²) in [5, 5.41) is 10.0. The minimum atomic E-state index is 0.666. The molecule has 3 nitrogen and oxygen atoms in total. The molecule has 1 aliphatic rings. The predicted octanol–water partition coefficient (Wildman–Crippen LogP) is 4.74. The van der Waals surface area contributed by atoms with E-state index in [2.05, 4.69) is 18.2 Å². The Morgan fingerprint density at radius 2 is 1.79 bits per heavy atom. The first-order chi connectivity index (χ1) is 11.8. The summed E-state index contributed by atoms with van der Waals surface area (Å²) in [6, 6.07) is 17.9. The second-order valence-corrected chi connectivity index (χ2v) is 6.10. The zero-order chi connectivity index (χ0) is 16.4. The van der Waals surface area contributed by atoms with Crippen LogP contribution in [0.1, 0.15) is 35.2 Å². The molecule has 0 saturated carbocycles. The molecule has 0 spiro atoms. The maximum Gasteiger partial charge on any atom is 0.0991 e. The Kier molecular flexibility index (Phi) is 3.80. The molecule has 0 aliphatic heterocycles. The van der Waals surface area contributed by atoms with Crippen molar-refractivity contribution < 1.29 is 0 Å². The van der Waals surface area contributed by atoms with Gasteiger partial charge in [0.1, 0.15) is 0 Å². The molecule has 1 aromatic heterocycles. The van der Waals surface area contributed by atoms with Gasteiger partial charge in [-0.15, -0.1) is 0 Å². The van der Waals surface area contributed by atoms with Gasteiger partial charge in [-0.1, -0.05) is 30.3 Å². The fourth-order valence-corrected chi connectivity index (χ4v) is 3.28. The molecular formula is C21H17N3. The Hall–Kier alpha value is -2.99. The average molecular weight is 311 g/mol. The summed E-state index contributed by atoms with van der Waals surface area (Å²) in [4.78, 5) is 9.67. The van der Waals surface area contributed by atoms with Crippen molar-refractivity contribution in [2.24, 2.45) is 4.99 Å². The number of para-hydroxylation sites is 1. The van der Waals surface area contributed by atoms with Crippen LogP contribution >= 0.6 is 0 Å². The summed E-state index contributed by atoms with van der Waals surface area (Å²) in [7, 11) is 0. The third kappa shape index (κ3) is 2.68. The Morgan fingerprint density at radius 1 is 1.00 bits per heavy atom. The Labute approximate surface area is 141 Å². The summed E-state index contributed by atoms with van der Waals surface area (Å²) < 4.78 is 0. The van der Waals surface area contributed by atoms with Crippen molar-refractivity contribution in [3.63, 3.8) is 0 Å². The molecule has 0 atom stereocenters. The number of rotatable bonds is 2. The van der Waals surface area contributed by atoms with E-state index in [1.165, 1.54) is 24.1 Å². The van der Waals surface area contributed by atoms with Crippen LogP contribution in [-0.4, -0.2) is 11.2 Å². The zero-order valence-electron chi connectivity index (χ0n) is 13.4. The van der Waals surface area contributed by atoms with Gasteiger partial charge in [-0.2, -0.15) is 5.26 Å². The number of fused-ring (bicyclic) bond motifs is 2. The molecule has 0 bridgehead atoms. The van der Waals surface area contributed by atoms with Crippen LogP contribution in [0.15, 0.2) is 53.5 Å². The molecule has 116 valence electrons. The highest BCUT2D eigenvalue weighted by atomic mass is 14.8. The monoisotopic (exact) mass is 311 g/mol. The molecule has 0 N–H and O–H groups in total. The smallest absolute Gasteiger partial charge is 0.0991 e. The van der Waals surface area contributed by atoms with Crippen LogP contribution in [-0.2, 0) is 12.8 Å². The minimum absolute atomic E-state index is 0.666. The van der Waals surface area contributed by atoms with Crippen LogP contribution in [0.4, 0.5) is 5.69 Å². The molecule has 0 unspecified atom stereocenters. The molecule has 1 heterocycles.